The molecule has 0 aliphatic rings. The molecular formula is C14H22FN3O. The standard InChI is InChI=1S/C14H22FN3O/c1-10(2)8-14(3,9-16)18-13(19)17-12-7-5-4-6-11(12)15/h4-7,10H,8-9,16H2,1-3H3,(H2,17,18,19). The second-order valence-electron chi connectivity index (χ2n) is 5.42. The number of benzene rings is 1. The van der Waals surface area contributed by atoms with Crippen LogP contribution in [-0.2, 0) is 0 Å². The largest absolute Gasteiger partial charge is 0.331 e. The zero-order chi connectivity index (χ0) is 14.5. The van der Waals surface area contributed by atoms with Gasteiger partial charge in [0.05, 0.1) is 11.2 Å². The highest BCUT2D eigenvalue weighted by molar-refractivity contribution is 5.89. The minimum absolute atomic E-state index is 0.156. The number of hydrogen-bond donors (Lipinski definition) is 3. The van der Waals surface area contributed by atoms with Crippen LogP contribution in [0, 0.1) is 11.7 Å². The van der Waals surface area contributed by atoms with E-state index in [2.05, 4.69) is 24.5 Å². The van der Waals surface area contributed by atoms with Gasteiger partial charge in [0.25, 0.3) is 0 Å². The number of carbonyl (C=O) groups excluding carboxylic acids is 1. The Morgan fingerprint density at radius 1 is 1.42 bits per heavy atom. The Labute approximate surface area is 113 Å². The van der Waals surface area contributed by atoms with Gasteiger partial charge in [-0.15, -0.1) is 0 Å². The van der Waals surface area contributed by atoms with Crippen molar-refractivity contribution in [1.29, 1.82) is 0 Å². The normalized spacial score (nSPS) is 14.0. The lowest BCUT2D eigenvalue weighted by Gasteiger charge is -2.31. The van der Waals surface area contributed by atoms with Gasteiger partial charge < -0.3 is 16.4 Å². The molecule has 4 N–H and O–H groups in total. The zero-order valence-electron chi connectivity index (χ0n) is 11.7. The molecule has 0 saturated heterocycles. The van der Waals surface area contributed by atoms with E-state index in [1.807, 2.05) is 6.92 Å². The molecule has 0 radical (unpaired) electrons. The molecule has 0 aromatic heterocycles. The van der Waals surface area contributed by atoms with Gasteiger partial charge in [-0.05, 0) is 31.4 Å². The molecule has 0 aliphatic heterocycles. The number of para-hydroxylation sites is 1. The summed E-state index contributed by atoms with van der Waals surface area (Å²) < 4.78 is 13.4. The maximum atomic E-state index is 13.4. The molecule has 1 aromatic rings. The van der Waals surface area contributed by atoms with Gasteiger partial charge in [0, 0.05) is 6.54 Å². The highest BCUT2D eigenvalue weighted by Crippen LogP contribution is 2.16. The maximum Gasteiger partial charge on any atom is 0.319 e. The van der Waals surface area contributed by atoms with E-state index in [1.54, 1.807) is 12.1 Å². The summed E-state index contributed by atoms with van der Waals surface area (Å²) >= 11 is 0. The predicted octanol–water partition coefficient (Wildman–Crippen LogP) is 2.71. The molecule has 1 aromatic carbocycles. The fraction of sp³-hybridized carbons (Fsp3) is 0.500. The summed E-state index contributed by atoms with van der Waals surface area (Å²) in [5, 5.41) is 5.30. The van der Waals surface area contributed by atoms with Crippen molar-refractivity contribution in [3.05, 3.63) is 30.1 Å². The predicted molar refractivity (Wildman–Crippen MR) is 75.5 cm³/mol. The van der Waals surface area contributed by atoms with Gasteiger partial charge >= 0.3 is 6.03 Å². The Bertz CT molecular complexity index is 436. The third-order valence-corrected chi connectivity index (χ3v) is 2.85. The molecule has 0 spiro atoms. The van der Waals surface area contributed by atoms with E-state index in [4.69, 9.17) is 5.73 Å². The fourth-order valence-corrected chi connectivity index (χ4v) is 2.08. The lowest BCUT2D eigenvalue weighted by Crippen LogP contribution is -2.53. The minimum Gasteiger partial charge on any atom is -0.331 e. The number of carbonyl (C=O) groups is 1. The van der Waals surface area contributed by atoms with Crippen LogP contribution in [0.5, 0.6) is 0 Å². The molecule has 5 heteroatoms. The number of anilines is 1. The van der Waals surface area contributed by atoms with Crippen molar-refractivity contribution in [1.82, 2.24) is 5.32 Å². The van der Waals surface area contributed by atoms with Gasteiger partial charge in [0.1, 0.15) is 5.82 Å². The lowest BCUT2D eigenvalue weighted by molar-refractivity contribution is 0.232. The van der Waals surface area contributed by atoms with E-state index in [0.29, 0.717) is 12.5 Å². The molecule has 0 bridgehead atoms. The summed E-state index contributed by atoms with van der Waals surface area (Å²) in [6, 6.07) is 5.60. The Morgan fingerprint density at radius 2 is 2.05 bits per heavy atom. The van der Waals surface area contributed by atoms with Gasteiger partial charge in [-0.3, -0.25) is 0 Å². The fourth-order valence-electron chi connectivity index (χ4n) is 2.08. The molecule has 4 nitrogen and oxygen atoms in total. The van der Waals surface area contributed by atoms with E-state index in [0.717, 1.165) is 6.42 Å². The Hall–Kier alpha value is -1.62. The molecule has 106 valence electrons. The molecular weight excluding hydrogens is 245 g/mol. The molecule has 2 amide bonds. The van der Waals surface area contributed by atoms with Gasteiger partial charge in [-0.2, -0.15) is 0 Å². The molecule has 19 heavy (non-hydrogen) atoms. The SMILES string of the molecule is CC(C)CC(C)(CN)NC(=O)Nc1ccccc1F. The Morgan fingerprint density at radius 3 is 2.58 bits per heavy atom. The van der Waals surface area contributed by atoms with Crippen LogP contribution in [-0.4, -0.2) is 18.1 Å². The molecule has 0 fully saturated rings. The van der Waals surface area contributed by atoms with Crippen molar-refractivity contribution in [3.63, 3.8) is 0 Å². The van der Waals surface area contributed by atoms with Gasteiger partial charge in [0.2, 0.25) is 0 Å². The molecule has 0 saturated carbocycles. The zero-order valence-corrected chi connectivity index (χ0v) is 11.7. The van der Waals surface area contributed by atoms with Crippen molar-refractivity contribution in [3.8, 4) is 0 Å². The average molecular weight is 267 g/mol. The monoisotopic (exact) mass is 267 g/mol. The molecule has 0 aliphatic carbocycles. The summed E-state index contributed by atoms with van der Waals surface area (Å²) in [7, 11) is 0. The second-order valence-corrected chi connectivity index (χ2v) is 5.42. The van der Waals surface area contributed by atoms with Crippen LogP contribution in [0.25, 0.3) is 0 Å². The number of nitrogens with two attached hydrogens (primary N) is 1. The number of rotatable bonds is 5. The first-order chi connectivity index (χ1) is 8.86. The molecule has 0 heterocycles. The number of urea groups is 1. The smallest absolute Gasteiger partial charge is 0.319 e. The third kappa shape index (κ3) is 4.87. The number of hydrogen-bond acceptors (Lipinski definition) is 2. The lowest BCUT2D eigenvalue weighted by atomic mass is 9.91. The minimum atomic E-state index is -0.497. The third-order valence-electron chi connectivity index (χ3n) is 2.85. The van der Waals surface area contributed by atoms with Crippen LogP contribution in [0.15, 0.2) is 24.3 Å². The second kappa shape index (κ2) is 6.52. The molecule has 1 unspecified atom stereocenters. The number of nitrogens with one attached hydrogen (secondary N) is 2. The van der Waals surface area contributed by atoms with Gasteiger partial charge in [0.15, 0.2) is 0 Å². The highest BCUT2D eigenvalue weighted by atomic mass is 19.1. The van der Waals surface area contributed by atoms with Crippen molar-refractivity contribution < 1.29 is 9.18 Å². The maximum absolute atomic E-state index is 13.4. The van der Waals surface area contributed by atoms with Crippen molar-refractivity contribution in [2.45, 2.75) is 32.7 Å². The topological polar surface area (TPSA) is 67.1 Å². The van der Waals surface area contributed by atoms with Crippen molar-refractivity contribution in [2.24, 2.45) is 11.7 Å². The van der Waals surface area contributed by atoms with Crippen molar-refractivity contribution in [2.75, 3.05) is 11.9 Å². The average Bonchev–Trinajstić information content (AvgIpc) is 2.31. The quantitative estimate of drug-likeness (QED) is 0.768. The van der Waals surface area contributed by atoms with Crippen LogP contribution < -0.4 is 16.4 Å². The van der Waals surface area contributed by atoms with E-state index in [1.165, 1.54) is 12.1 Å². The summed E-state index contributed by atoms with van der Waals surface area (Å²) in [4.78, 5) is 11.9. The number of amides is 2. The van der Waals surface area contributed by atoms with Crippen LogP contribution in [0.3, 0.4) is 0 Å². The number of halogens is 1. The van der Waals surface area contributed by atoms with E-state index >= 15 is 0 Å². The van der Waals surface area contributed by atoms with Crippen LogP contribution >= 0.6 is 0 Å². The summed E-state index contributed by atoms with van der Waals surface area (Å²) in [6.07, 6.45) is 0.758. The van der Waals surface area contributed by atoms with Gasteiger partial charge in [-0.1, -0.05) is 26.0 Å². The molecule has 1 rings (SSSR count). The Kier molecular flexibility index (Phi) is 5.30. The van der Waals surface area contributed by atoms with Crippen LogP contribution in [0.4, 0.5) is 14.9 Å². The Balaban J connectivity index is 2.66. The summed E-state index contributed by atoms with van der Waals surface area (Å²) in [5.41, 5.74) is 5.37. The molecule has 1 atom stereocenters. The van der Waals surface area contributed by atoms with Crippen LogP contribution in [0.2, 0.25) is 0 Å². The van der Waals surface area contributed by atoms with Gasteiger partial charge in [-0.25, -0.2) is 9.18 Å². The van der Waals surface area contributed by atoms with E-state index in [-0.39, 0.29) is 5.69 Å². The first-order valence-corrected chi connectivity index (χ1v) is 6.40. The van der Waals surface area contributed by atoms with Crippen LogP contribution in [0.1, 0.15) is 27.2 Å². The van der Waals surface area contributed by atoms with E-state index in [9.17, 15) is 9.18 Å². The first-order valence-electron chi connectivity index (χ1n) is 6.40. The summed E-state index contributed by atoms with van der Waals surface area (Å²) in [5.74, 6) is -0.0572. The van der Waals surface area contributed by atoms with Crippen molar-refractivity contribution >= 4 is 11.7 Å². The van der Waals surface area contributed by atoms with E-state index < -0.39 is 17.4 Å². The highest BCUT2D eigenvalue weighted by Gasteiger charge is 2.26. The first kappa shape index (κ1) is 15.4. The summed E-state index contributed by atoms with van der Waals surface area (Å²) in [6.45, 7) is 6.33.